The van der Waals surface area contributed by atoms with Gasteiger partial charge in [-0.1, -0.05) is 12.8 Å². The Hall–Kier alpha value is -1.62. The maximum Gasteiger partial charge on any atom is 0.251 e. The number of hydrogen-bond donors (Lipinski definition) is 2. The van der Waals surface area contributed by atoms with E-state index in [1.807, 2.05) is 13.0 Å². The van der Waals surface area contributed by atoms with Crippen molar-refractivity contribution in [2.24, 2.45) is 0 Å². The molecular formula is C16H26N4O. The molecule has 1 aliphatic carbocycles. The van der Waals surface area contributed by atoms with Crippen LogP contribution in [0.2, 0.25) is 0 Å². The van der Waals surface area contributed by atoms with Gasteiger partial charge in [0.05, 0.1) is 0 Å². The summed E-state index contributed by atoms with van der Waals surface area (Å²) < 4.78 is 0. The third-order valence-corrected chi connectivity index (χ3v) is 4.17. The summed E-state index contributed by atoms with van der Waals surface area (Å²) in [4.78, 5) is 18.8. The second-order valence-corrected chi connectivity index (χ2v) is 5.81. The molecular weight excluding hydrogens is 264 g/mol. The van der Waals surface area contributed by atoms with Gasteiger partial charge in [0, 0.05) is 37.4 Å². The van der Waals surface area contributed by atoms with Crippen LogP contribution >= 0.6 is 0 Å². The van der Waals surface area contributed by atoms with E-state index >= 15 is 0 Å². The third kappa shape index (κ3) is 4.43. The van der Waals surface area contributed by atoms with Gasteiger partial charge < -0.3 is 15.5 Å². The zero-order valence-electron chi connectivity index (χ0n) is 13.3. The number of nitrogens with zero attached hydrogens (tertiary/aromatic N) is 2. The van der Waals surface area contributed by atoms with Crippen molar-refractivity contribution in [3.63, 3.8) is 0 Å². The molecule has 5 heteroatoms. The average molecular weight is 290 g/mol. The molecule has 1 fully saturated rings. The molecule has 0 spiro atoms. The normalized spacial score (nSPS) is 15.4. The highest BCUT2D eigenvalue weighted by Crippen LogP contribution is 2.21. The number of anilines is 1. The molecule has 21 heavy (non-hydrogen) atoms. The molecule has 1 heterocycles. The highest BCUT2D eigenvalue weighted by molar-refractivity contribution is 5.94. The number of hydrogen-bond acceptors (Lipinski definition) is 4. The Morgan fingerprint density at radius 1 is 1.38 bits per heavy atom. The Bertz CT molecular complexity index is 483. The number of pyridine rings is 1. The summed E-state index contributed by atoms with van der Waals surface area (Å²) in [6, 6.07) is 4.29. The van der Waals surface area contributed by atoms with E-state index in [1.54, 1.807) is 13.1 Å². The van der Waals surface area contributed by atoms with E-state index in [4.69, 9.17) is 0 Å². The molecule has 5 nitrogen and oxygen atoms in total. The summed E-state index contributed by atoms with van der Waals surface area (Å²) >= 11 is 0. The Morgan fingerprint density at radius 2 is 2.10 bits per heavy atom. The lowest BCUT2D eigenvalue weighted by Gasteiger charge is -2.23. The molecule has 1 aromatic rings. The van der Waals surface area contributed by atoms with Gasteiger partial charge in [0.2, 0.25) is 0 Å². The number of aryl methyl sites for hydroxylation is 1. The number of carbonyl (C=O) groups is 1. The number of amides is 1. The molecule has 0 aromatic carbocycles. The van der Waals surface area contributed by atoms with Crippen molar-refractivity contribution in [2.75, 3.05) is 32.5 Å². The fourth-order valence-corrected chi connectivity index (χ4v) is 2.90. The van der Waals surface area contributed by atoms with Crippen molar-refractivity contribution in [3.8, 4) is 0 Å². The molecule has 1 saturated carbocycles. The van der Waals surface area contributed by atoms with Gasteiger partial charge in [-0.05, 0) is 38.9 Å². The minimum Gasteiger partial charge on any atom is -0.373 e. The van der Waals surface area contributed by atoms with Crippen LogP contribution in [-0.4, -0.2) is 49.0 Å². The molecule has 1 amide bonds. The van der Waals surface area contributed by atoms with Crippen LogP contribution in [0.15, 0.2) is 12.1 Å². The standard InChI is InChI=1S/C16H26N4O/c1-12-10-13(11-15(17-2)19-12)16(21)18-8-9-20(3)14-6-4-5-7-14/h10-11,14H,4-9H2,1-3H3,(H,17,19)(H,18,21). The van der Waals surface area contributed by atoms with Crippen LogP contribution in [0.25, 0.3) is 0 Å². The number of nitrogens with one attached hydrogen (secondary N) is 2. The van der Waals surface area contributed by atoms with Crippen molar-refractivity contribution in [3.05, 3.63) is 23.4 Å². The third-order valence-electron chi connectivity index (χ3n) is 4.17. The second-order valence-electron chi connectivity index (χ2n) is 5.81. The SMILES string of the molecule is CNc1cc(C(=O)NCCN(C)C2CCCC2)cc(C)n1. The van der Waals surface area contributed by atoms with Crippen LogP contribution in [0.5, 0.6) is 0 Å². The predicted molar refractivity (Wildman–Crippen MR) is 85.7 cm³/mol. The van der Waals surface area contributed by atoms with Crippen molar-refractivity contribution < 1.29 is 4.79 Å². The van der Waals surface area contributed by atoms with Gasteiger partial charge in [-0.3, -0.25) is 4.79 Å². The molecule has 0 radical (unpaired) electrons. The topological polar surface area (TPSA) is 57.3 Å². The first-order chi connectivity index (χ1) is 10.1. The van der Waals surface area contributed by atoms with Gasteiger partial charge in [-0.15, -0.1) is 0 Å². The molecule has 1 aliphatic rings. The molecule has 0 unspecified atom stereocenters. The van der Waals surface area contributed by atoms with E-state index in [2.05, 4.69) is 27.6 Å². The number of rotatable bonds is 6. The monoisotopic (exact) mass is 290 g/mol. The first-order valence-corrected chi connectivity index (χ1v) is 7.75. The van der Waals surface area contributed by atoms with E-state index in [9.17, 15) is 4.79 Å². The lowest BCUT2D eigenvalue weighted by Crippen LogP contribution is -2.37. The minimum absolute atomic E-state index is 0.0307. The van der Waals surface area contributed by atoms with Crippen molar-refractivity contribution in [1.82, 2.24) is 15.2 Å². The summed E-state index contributed by atoms with van der Waals surface area (Å²) in [5.74, 6) is 0.694. The first kappa shape index (κ1) is 15.8. The fraction of sp³-hybridized carbons (Fsp3) is 0.625. The summed E-state index contributed by atoms with van der Waals surface area (Å²) in [5.41, 5.74) is 1.51. The second kappa shape index (κ2) is 7.41. The van der Waals surface area contributed by atoms with Gasteiger partial charge in [-0.2, -0.15) is 0 Å². The quantitative estimate of drug-likeness (QED) is 0.842. The van der Waals surface area contributed by atoms with Crippen LogP contribution < -0.4 is 10.6 Å². The minimum atomic E-state index is -0.0307. The summed E-state index contributed by atoms with van der Waals surface area (Å²) in [7, 11) is 3.96. The van der Waals surface area contributed by atoms with Gasteiger partial charge in [-0.25, -0.2) is 4.98 Å². The summed E-state index contributed by atoms with van der Waals surface area (Å²) in [6.07, 6.45) is 5.26. The number of carbonyl (C=O) groups excluding carboxylic acids is 1. The fourth-order valence-electron chi connectivity index (χ4n) is 2.90. The van der Waals surface area contributed by atoms with Crippen molar-refractivity contribution >= 4 is 11.7 Å². The number of aromatic nitrogens is 1. The molecule has 0 bridgehead atoms. The van der Waals surface area contributed by atoms with Crippen LogP contribution in [0.4, 0.5) is 5.82 Å². The molecule has 0 atom stereocenters. The summed E-state index contributed by atoms with van der Waals surface area (Å²) in [6.45, 7) is 3.48. The maximum absolute atomic E-state index is 12.2. The van der Waals surface area contributed by atoms with E-state index in [0.29, 0.717) is 18.2 Å². The highest BCUT2D eigenvalue weighted by Gasteiger charge is 2.19. The van der Waals surface area contributed by atoms with E-state index in [1.165, 1.54) is 25.7 Å². The molecule has 1 aromatic heterocycles. The van der Waals surface area contributed by atoms with Gasteiger partial charge in [0.15, 0.2) is 0 Å². The van der Waals surface area contributed by atoms with E-state index in [0.717, 1.165) is 18.1 Å². The highest BCUT2D eigenvalue weighted by atomic mass is 16.1. The average Bonchev–Trinajstić information content (AvgIpc) is 3.00. The zero-order chi connectivity index (χ0) is 15.2. The summed E-state index contributed by atoms with van der Waals surface area (Å²) in [5, 5.41) is 5.97. The Labute approximate surface area is 127 Å². The van der Waals surface area contributed by atoms with Crippen LogP contribution in [0.1, 0.15) is 41.7 Å². The lowest BCUT2D eigenvalue weighted by atomic mass is 10.2. The molecule has 2 rings (SSSR count). The maximum atomic E-state index is 12.2. The zero-order valence-corrected chi connectivity index (χ0v) is 13.3. The molecule has 2 N–H and O–H groups in total. The van der Waals surface area contributed by atoms with Crippen LogP contribution in [-0.2, 0) is 0 Å². The smallest absolute Gasteiger partial charge is 0.251 e. The number of likely N-dealkylation sites (N-methyl/N-ethyl adjacent to an activating group) is 1. The van der Waals surface area contributed by atoms with E-state index < -0.39 is 0 Å². The Balaban J connectivity index is 1.82. The molecule has 116 valence electrons. The Morgan fingerprint density at radius 3 is 2.76 bits per heavy atom. The van der Waals surface area contributed by atoms with Gasteiger partial charge >= 0.3 is 0 Å². The molecule has 0 aliphatic heterocycles. The van der Waals surface area contributed by atoms with Crippen LogP contribution in [0, 0.1) is 6.92 Å². The first-order valence-electron chi connectivity index (χ1n) is 7.75. The van der Waals surface area contributed by atoms with Crippen LogP contribution in [0.3, 0.4) is 0 Å². The molecule has 0 saturated heterocycles. The van der Waals surface area contributed by atoms with Crippen molar-refractivity contribution in [1.29, 1.82) is 0 Å². The van der Waals surface area contributed by atoms with E-state index in [-0.39, 0.29) is 5.91 Å². The Kier molecular flexibility index (Phi) is 5.56. The largest absolute Gasteiger partial charge is 0.373 e. The van der Waals surface area contributed by atoms with Gasteiger partial charge in [0.1, 0.15) is 5.82 Å². The van der Waals surface area contributed by atoms with Crippen molar-refractivity contribution in [2.45, 2.75) is 38.6 Å². The lowest BCUT2D eigenvalue weighted by molar-refractivity contribution is 0.0947. The predicted octanol–water partition coefficient (Wildman–Crippen LogP) is 2.04. The van der Waals surface area contributed by atoms with Gasteiger partial charge in [0.25, 0.3) is 5.91 Å².